The fourth-order valence-electron chi connectivity index (χ4n) is 7.12. The SMILES string of the molecule is COC(=O)CCC1(C(=O)OC)N=CN(C2CCCCC2)C1C1CCC(C(C)(C)Nc2ccc(Cl)cc2)CC1. The molecule has 2 aliphatic carbocycles. The van der Waals surface area contributed by atoms with Crippen molar-refractivity contribution < 1.29 is 19.1 Å². The van der Waals surface area contributed by atoms with Crippen LogP contribution in [0.3, 0.4) is 0 Å². The summed E-state index contributed by atoms with van der Waals surface area (Å²) in [6, 6.07) is 8.16. The molecule has 0 radical (unpaired) electrons. The first-order valence-corrected chi connectivity index (χ1v) is 14.6. The predicted octanol–water partition coefficient (Wildman–Crippen LogP) is 6.25. The van der Waals surface area contributed by atoms with Gasteiger partial charge < -0.3 is 19.7 Å². The van der Waals surface area contributed by atoms with Crippen LogP contribution in [0.2, 0.25) is 5.02 Å². The first kappa shape index (κ1) is 28.7. The van der Waals surface area contributed by atoms with E-state index in [9.17, 15) is 9.59 Å². The summed E-state index contributed by atoms with van der Waals surface area (Å²) < 4.78 is 10.3. The lowest BCUT2D eigenvalue weighted by molar-refractivity contribution is -0.151. The topological polar surface area (TPSA) is 80.2 Å². The van der Waals surface area contributed by atoms with Crippen LogP contribution in [0.25, 0.3) is 0 Å². The van der Waals surface area contributed by atoms with E-state index in [2.05, 4.69) is 24.1 Å². The Morgan fingerprint density at radius 2 is 1.68 bits per heavy atom. The highest BCUT2D eigenvalue weighted by Gasteiger charge is 2.56. The normalized spacial score (nSPS) is 28.2. The number of carbonyl (C=O) groups is 2. The molecule has 0 amide bonds. The van der Waals surface area contributed by atoms with Crippen molar-refractivity contribution in [2.24, 2.45) is 16.8 Å². The summed E-state index contributed by atoms with van der Waals surface area (Å²) in [4.78, 5) is 32.9. The third kappa shape index (κ3) is 6.13. The fourth-order valence-corrected chi connectivity index (χ4v) is 7.25. The molecular weight excluding hydrogens is 502 g/mol. The third-order valence-electron chi connectivity index (χ3n) is 9.25. The van der Waals surface area contributed by atoms with Crippen molar-refractivity contribution in [3.8, 4) is 0 Å². The van der Waals surface area contributed by atoms with Gasteiger partial charge in [-0.25, -0.2) is 4.79 Å². The molecule has 1 heterocycles. The highest BCUT2D eigenvalue weighted by Crippen LogP contribution is 2.46. The lowest BCUT2D eigenvalue weighted by Crippen LogP contribution is -2.58. The maximum atomic E-state index is 13.4. The van der Waals surface area contributed by atoms with Crippen LogP contribution in [0.15, 0.2) is 29.3 Å². The van der Waals surface area contributed by atoms with E-state index in [0.29, 0.717) is 24.3 Å². The van der Waals surface area contributed by atoms with Gasteiger partial charge in [0.2, 0.25) is 0 Å². The molecule has 0 bridgehead atoms. The number of nitrogens with one attached hydrogen (secondary N) is 1. The molecule has 0 aromatic heterocycles. The van der Waals surface area contributed by atoms with E-state index in [1.54, 1.807) is 0 Å². The molecule has 38 heavy (non-hydrogen) atoms. The van der Waals surface area contributed by atoms with Crippen molar-refractivity contribution >= 4 is 35.6 Å². The van der Waals surface area contributed by atoms with Crippen LogP contribution in [0.5, 0.6) is 0 Å². The summed E-state index contributed by atoms with van der Waals surface area (Å²) >= 11 is 6.08. The van der Waals surface area contributed by atoms with Gasteiger partial charge in [0.25, 0.3) is 0 Å². The zero-order valence-electron chi connectivity index (χ0n) is 23.4. The molecule has 1 aliphatic heterocycles. The summed E-state index contributed by atoms with van der Waals surface area (Å²) in [5, 5.41) is 4.46. The van der Waals surface area contributed by atoms with Gasteiger partial charge in [-0.3, -0.25) is 9.79 Å². The van der Waals surface area contributed by atoms with Gasteiger partial charge in [0.05, 0.1) is 26.6 Å². The maximum absolute atomic E-state index is 13.4. The van der Waals surface area contributed by atoms with Crippen LogP contribution in [-0.2, 0) is 19.1 Å². The minimum absolute atomic E-state index is 0.0850. The maximum Gasteiger partial charge on any atom is 0.336 e. The highest BCUT2D eigenvalue weighted by molar-refractivity contribution is 6.30. The lowest BCUT2D eigenvalue weighted by atomic mass is 9.67. The highest BCUT2D eigenvalue weighted by atomic mass is 35.5. The number of benzene rings is 1. The monoisotopic (exact) mass is 545 g/mol. The van der Waals surface area contributed by atoms with Crippen LogP contribution in [0, 0.1) is 11.8 Å². The zero-order valence-corrected chi connectivity index (χ0v) is 24.1. The molecule has 1 aromatic carbocycles. The van der Waals surface area contributed by atoms with Gasteiger partial charge in [-0.15, -0.1) is 0 Å². The standard InChI is InChI=1S/C30H44ClN3O4/c1-29(2,33-24-16-14-23(31)15-17-24)22-12-10-21(11-13-22)27-30(28(36)38-4,19-18-26(35)37-3)32-20-34(27)25-8-6-5-7-9-25/h14-17,20-22,25,27,33H,5-13,18-19H2,1-4H3. The molecular formula is C30H44ClN3O4. The largest absolute Gasteiger partial charge is 0.469 e. The lowest BCUT2D eigenvalue weighted by Gasteiger charge is -2.48. The quantitative estimate of drug-likeness (QED) is 0.369. The van der Waals surface area contributed by atoms with Gasteiger partial charge in [0.1, 0.15) is 0 Å². The Balaban J connectivity index is 1.54. The van der Waals surface area contributed by atoms with Crippen molar-refractivity contribution in [2.45, 2.75) is 108 Å². The number of methoxy groups -OCH3 is 2. The van der Waals surface area contributed by atoms with E-state index in [4.69, 9.17) is 26.1 Å². The Hall–Kier alpha value is -2.28. The second kappa shape index (κ2) is 12.3. The van der Waals surface area contributed by atoms with E-state index in [-0.39, 0.29) is 29.9 Å². The number of aliphatic imine (C=N–C) groups is 1. The third-order valence-corrected chi connectivity index (χ3v) is 9.51. The number of esters is 2. The average Bonchev–Trinajstić information content (AvgIpc) is 3.33. The van der Waals surface area contributed by atoms with Crippen molar-refractivity contribution in [3.05, 3.63) is 29.3 Å². The minimum atomic E-state index is -1.07. The number of hydrogen-bond acceptors (Lipinski definition) is 7. The average molecular weight is 546 g/mol. The van der Waals surface area contributed by atoms with Crippen molar-refractivity contribution in [2.75, 3.05) is 19.5 Å². The Bertz CT molecular complexity index is 984. The molecule has 2 fully saturated rings. The molecule has 7 nitrogen and oxygen atoms in total. The van der Waals surface area contributed by atoms with Crippen molar-refractivity contribution in [1.82, 2.24) is 4.90 Å². The zero-order chi connectivity index (χ0) is 27.3. The second-order valence-electron chi connectivity index (χ2n) is 11.9. The van der Waals surface area contributed by atoms with Crippen LogP contribution in [0.1, 0.15) is 84.5 Å². The van der Waals surface area contributed by atoms with Crippen LogP contribution in [0.4, 0.5) is 5.69 Å². The molecule has 8 heteroatoms. The van der Waals surface area contributed by atoms with Gasteiger partial charge in [-0.2, -0.15) is 0 Å². The molecule has 210 valence electrons. The Kier molecular flexibility index (Phi) is 9.27. The molecule has 0 saturated heterocycles. The second-order valence-corrected chi connectivity index (χ2v) is 12.3. The summed E-state index contributed by atoms with van der Waals surface area (Å²) in [7, 11) is 2.82. The molecule has 1 N–H and O–H groups in total. The number of anilines is 1. The summed E-state index contributed by atoms with van der Waals surface area (Å²) in [6.07, 6.45) is 12.4. The van der Waals surface area contributed by atoms with Crippen LogP contribution < -0.4 is 5.32 Å². The van der Waals surface area contributed by atoms with Crippen LogP contribution >= 0.6 is 11.6 Å². The van der Waals surface area contributed by atoms with E-state index in [1.807, 2.05) is 30.6 Å². The Labute approximate surface area is 232 Å². The number of halogens is 1. The molecule has 2 unspecified atom stereocenters. The van der Waals surface area contributed by atoms with E-state index in [0.717, 1.165) is 49.2 Å². The van der Waals surface area contributed by atoms with Crippen molar-refractivity contribution in [1.29, 1.82) is 0 Å². The van der Waals surface area contributed by atoms with E-state index >= 15 is 0 Å². The molecule has 1 aromatic rings. The number of rotatable bonds is 9. The molecule has 0 spiro atoms. The Morgan fingerprint density at radius 3 is 2.29 bits per heavy atom. The molecule has 2 atom stereocenters. The van der Waals surface area contributed by atoms with E-state index < -0.39 is 5.54 Å². The first-order valence-electron chi connectivity index (χ1n) is 14.2. The van der Waals surface area contributed by atoms with Crippen LogP contribution in [-0.4, -0.2) is 60.6 Å². The number of nitrogens with zero attached hydrogens (tertiary/aromatic N) is 2. The summed E-state index contributed by atoms with van der Waals surface area (Å²) in [5.74, 6) is 0.117. The number of ether oxygens (including phenoxy) is 2. The van der Waals surface area contributed by atoms with Gasteiger partial charge in [-0.1, -0.05) is 30.9 Å². The first-order chi connectivity index (χ1) is 18.2. The minimum Gasteiger partial charge on any atom is -0.469 e. The predicted molar refractivity (Wildman–Crippen MR) is 152 cm³/mol. The molecule has 3 aliphatic rings. The van der Waals surface area contributed by atoms with Gasteiger partial charge in [0, 0.05) is 28.7 Å². The summed E-state index contributed by atoms with van der Waals surface area (Å²) in [6.45, 7) is 4.55. The van der Waals surface area contributed by atoms with Gasteiger partial charge >= 0.3 is 11.9 Å². The number of hydrogen-bond donors (Lipinski definition) is 1. The molecule has 2 saturated carbocycles. The van der Waals surface area contributed by atoms with Crippen molar-refractivity contribution in [3.63, 3.8) is 0 Å². The Morgan fingerprint density at radius 1 is 1.03 bits per heavy atom. The molecule has 4 rings (SSSR count). The smallest absolute Gasteiger partial charge is 0.336 e. The number of carbonyl (C=O) groups excluding carboxylic acids is 2. The van der Waals surface area contributed by atoms with E-state index in [1.165, 1.54) is 33.5 Å². The fraction of sp³-hybridized carbons (Fsp3) is 0.700. The van der Waals surface area contributed by atoms with Gasteiger partial charge in [-0.05, 0) is 94.9 Å². The van der Waals surface area contributed by atoms with Gasteiger partial charge in [0.15, 0.2) is 5.54 Å². The summed E-state index contributed by atoms with van der Waals surface area (Å²) in [5.41, 5.74) is -0.0884.